The van der Waals surface area contributed by atoms with Crippen molar-refractivity contribution >= 4 is 27.2 Å². The van der Waals surface area contributed by atoms with Crippen molar-refractivity contribution in [1.82, 2.24) is 19.5 Å². The highest BCUT2D eigenvalue weighted by Gasteiger charge is 2.20. The SMILES string of the molecule is Cn1ccc(CCNS(=O)(=O)c2cccnc2C(N)=S)n1. The van der Waals surface area contributed by atoms with Gasteiger partial charge in [0, 0.05) is 32.4 Å². The molecule has 2 rings (SSSR count). The lowest BCUT2D eigenvalue weighted by Crippen LogP contribution is -2.29. The Hall–Kier alpha value is -1.84. The summed E-state index contributed by atoms with van der Waals surface area (Å²) in [6, 6.07) is 4.78. The molecule has 0 aliphatic carbocycles. The van der Waals surface area contributed by atoms with Crippen molar-refractivity contribution in [3.63, 3.8) is 0 Å². The second-order valence-electron chi connectivity index (χ2n) is 4.34. The maximum Gasteiger partial charge on any atom is 0.242 e. The van der Waals surface area contributed by atoms with Crippen molar-refractivity contribution in [2.45, 2.75) is 11.3 Å². The Labute approximate surface area is 128 Å². The highest BCUT2D eigenvalue weighted by Crippen LogP contribution is 2.12. The van der Waals surface area contributed by atoms with E-state index in [0.717, 1.165) is 5.69 Å². The maximum absolute atomic E-state index is 12.3. The largest absolute Gasteiger partial charge is 0.388 e. The summed E-state index contributed by atoms with van der Waals surface area (Å²) in [7, 11) is -1.91. The topological polar surface area (TPSA) is 103 Å². The van der Waals surface area contributed by atoms with Crippen molar-refractivity contribution in [3.05, 3.63) is 42.0 Å². The predicted octanol–water partition coefficient (Wildman–Crippen LogP) is -0.0297. The molecule has 3 N–H and O–H groups in total. The number of rotatable bonds is 6. The van der Waals surface area contributed by atoms with E-state index in [2.05, 4.69) is 14.8 Å². The Morgan fingerprint density at radius 2 is 2.24 bits per heavy atom. The number of nitrogens with one attached hydrogen (secondary N) is 1. The van der Waals surface area contributed by atoms with Crippen LogP contribution in [0, 0.1) is 0 Å². The Morgan fingerprint density at radius 3 is 2.86 bits per heavy atom. The highest BCUT2D eigenvalue weighted by atomic mass is 32.2. The van der Waals surface area contributed by atoms with Crippen LogP contribution in [0.1, 0.15) is 11.4 Å². The van der Waals surface area contributed by atoms with Gasteiger partial charge in [-0.05, 0) is 18.2 Å². The zero-order valence-electron chi connectivity index (χ0n) is 11.4. The van der Waals surface area contributed by atoms with Crippen LogP contribution in [0.5, 0.6) is 0 Å². The van der Waals surface area contributed by atoms with Crippen molar-refractivity contribution < 1.29 is 8.42 Å². The minimum absolute atomic E-state index is 0.0153. The standard InChI is InChI=1S/C12H15N5O2S2/c1-17-8-5-9(16-17)4-7-15-21(18,19)10-3-2-6-14-11(10)12(13)20/h2-3,5-6,8,15H,4,7H2,1H3,(H2,13,20). The molecular formula is C12H15N5O2S2. The van der Waals surface area contributed by atoms with Gasteiger partial charge in [0.25, 0.3) is 0 Å². The molecule has 112 valence electrons. The van der Waals surface area contributed by atoms with Crippen molar-refractivity contribution in [3.8, 4) is 0 Å². The van der Waals surface area contributed by atoms with E-state index >= 15 is 0 Å². The van der Waals surface area contributed by atoms with Crippen LogP contribution < -0.4 is 10.5 Å². The smallest absolute Gasteiger partial charge is 0.242 e. The van der Waals surface area contributed by atoms with Crippen LogP contribution in [0.25, 0.3) is 0 Å². The van der Waals surface area contributed by atoms with Gasteiger partial charge in [0.05, 0.1) is 5.69 Å². The molecule has 0 radical (unpaired) electrons. The fraction of sp³-hybridized carbons (Fsp3) is 0.250. The van der Waals surface area contributed by atoms with E-state index in [0.29, 0.717) is 6.42 Å². The summed E-state index contributed by atoms with van der Waals surface area (Å²) >= 11 is 4.82. The van der Waals surface area contributed by atoms with Crippen LogP contribution in [0.4, 0.5) is 0 Å². The van der Waals surface area contributed by atoms with E-state index in [1.54, 1.807) is 17.9 Å². The van der Waals surface area contributed by atoms with Gasteiger partial charge in [-0.1, -0.05) is 12.2 Å². The summed E-state index contributed by atoms with van der Waals surface area (Å²) in [5.74, 6) is 0. The van der Waals surface area contributed by atoms with E-state index in [9.17, 15) is 8.42 Å². The van der Waals surface area contributed by atoms with Gasteiger partial charge in [0.2, 0.25) is 10.0 Å². The number of aryl methyl sites for hydroxylation is 1. The lowest BCUT2D eigenvalue weighted by molar-refractivity contribution is 0.580. The Bertz CT molecular complexity index is 755. The van der Waals surface area contributed by atoms with Gasteiger partial charge in [0.1, 0.15) is 15.6 Å². The Kier molecular flexibility index (Phi) is 4.66. The van der Waals surface area contributed by atoms with Gasteiger partial charge in [-0.2, -0.15) is 5.10 Å². The fourth-order valence-electron chi connectivity index (χ4n) is 1.78. The average Bonchev–Trinajstić information content (AvgIpc) is 2.84. The molecule has 0 bridgehead atoms. The first kappa shape index (κ1) is 15.5. The van der Waals surface area contributed by atoms with Crippen LogP contribution in [0.15, 0.2) is 35.5 Å². The van der Waals surface area contributed by atoms with E-state index in [1.165, 1.54) is 18.3 Å². The van der Waals surface area contributed by atoms with Gasteiger partial charge in [0.15, 0.2) is 0 Å². The molecule has 0 unspecified atom stereocenters. The van der Waals surface area contributed by atoms with Crippen LogP contribution >= 0.6 is 12.2 Å². The molecule has 0 saturated carbocycles. The lowest BCUT2D eigenvalue weighted by atomic mass is 10.3. The van der Waals surface area contributed by atoms with Gasteiger partial charge < -0.3 is 5.73 Å². The molecule has 0 aromatic carbocycles. The number of nitrogens with two attached hydrogens (primary N) is 1. The molecule has 0 aliphatic rings. The first-order chi connectivity index (χ1) is 9.90. The summed E-state index contributed by atoms with van der Waals surface area (Å²) in [5.41, 5.74) is 6.40. The third-order valence-electron chi connectivity index (χ3n) is 2.74. The number of nitrogens with zero attached hydrogens (tertiary/aromatic N) is 3. The van der Waals surface area contributed by atoms with Crippen LogP contribution in [-0.2, 0) is 23.5 Å². The quantitative estimate of drug-likeness (QED) is 0.723. The Balaban J connectivity index is 2.10. The highest BCUT2D eigenvalue weighted by molar-refractivity contribution is 7.89. The summed E-state index contributed by atoms with van der Waals surface area (Å²) in [6.45, 7) is 0.227. The molecule has 0 spiro atoms. The second kappa shape index (κ2) is 6.29. The van der Waals surface area contributed by atoms with Gasteiger partial charge in [-0.15, -0.1) is 0 Å². The monoisotopic (exact) mass is 325 g/mol. The summed E-state index contributed by atoms with van der Waals surface area (Å²) < 4.78 is 28.7. The minimum Gasteiger partial charge on any atom is -0.388 e. The summed E-state index contributed by atoms with van der Waals surface area (Å²) in [5, 5.41) is 4.18. The summed E-state index contributed by atoms with van der Waals surface area (Å²) in [4.78, 5) is 3.84. The molecule has 0 amide bonds. The Morgan fingerprint density at radius 1 is 1.48 bits per heavy atom. The van der Waals surface area contributed by atoms with E-state index in [4.69, 9.17) is 18.0 Å². The minimum atomic E-state index is -3.71. The molecule has 7 nitrogen and oxygen atoms in total. The molecule has 21 heavy (non-hydrogen) atoms. The zero-order chi connectivity index (χ0) is 15.5. The fourth-order valence-corrected chi connectivity index (χ4v) is 3.21. The first-order valence-electron chi connectivity index (χ1n) is 6.13. The number of aromatic nitrogens is 3. The zero-order valence-corrected chi connectivity index (χ0v) is 13.0. The third kappa shape index (κ3) is 3.84. The van der Waals surface area contributed by atoms with Gasteiger partial charge >= 0.3 is 0 Å². The van der Waals surface area contributed by atoms with Crippen molar-refractivity contribution in [2.75, 3.05) is 6.54 Å². The van der Waals surface area contributed by atoms with Crippen LogP contribution in [-0.4, -0.2) is 34.7 Å². The molecule has 2 heterocycles. The number of pyridine rings is 1. The second-order valence-corrected chi connectivity index (χ2v) is 6.52. The van der Waals surface area contributed by atoms with Gasteiger partial charge in [-0.25, -0.2) is 13.1 Å². The molecular weight excluding hydrogens is 310 g/mol. The number of thiocarbonyl (C=S) groups is 1. The first-order valence-corrected chi connectivity index (χ1v) is 8.02. The van der Waals surface area contributed by atoms with Crippen LogP contribution in [0.2, 0.25) is 0 Å². The number of hydrogen-bond acceptors (Lipinski definition) is 5. The van der Waals surface area contributed by atoms with Crippen molar-refractivity contribution in [1.29, 1.82) is 0 Å². The predicted molar refractivity (Wildman–Crippen MR) is 82.2 cm³/mol. The molecule has 0 aliphatic heterocycles. The normalized spacial score (nSPS) is 11.5. The molecule has 2 aromatic heterocycles. The van der Waals surface area contributed by atoms with E-state index < -0.39 is 10.0 Å². The molecule has 0 atom stereocenters. The van der Waals surface area contributed by atoms with Crippen LogP contribution in [0.3, 0.4) is 0 Å². The lowest BCUT2D eigenvalue weighted by Gasteiger charge is -2.09. The van der Waals surface area contributed by atoms with Gasteiger partial charge in [-0.3, -0.25) is 9.67 Å². The number of hydrogen-bond donors (Lipinski definition) is 2. The summed E-state index contributed by atoms with van der Waals surface area (Å²) in [6.07, 6.45) is 3.74. The van der Waals surface area contributed by atoms with E-state index in [-0.39, 0.29) is 22.1 Å². The molecule has 9 heteroatoms. The number of sulfonamides is 1. The third-order valence-corrected chi connectivity index (χ3v) is 4.42. The molecule has 0 saturated heterocycles. The molecule has 2 aromatic rings. The maximum atomic E-state index is 12.3. The molecule has 0 fully saturated rings. The van der Waals surface area contributed by atoms with Crippen molar-refractivity contribution in [2.24, 2.45) is 12.8 Å². The average molecular weight is 325 g/mol. The van der Waals surface area contributed by atoms with E-state index in [1.807, 2.05) is 6.07 Å².